The zero-order valence-corrected chi connectivity index (χ0v) is 12.3. The van der Waals surface area contributed by atoms with Crippen LogP contribution in [-0.4, -0.2) is 47.1 Å². The SMILES string of the molecule is CCNc1c(C(=O)N(CC)CCCO)cccc1[N+](=O)[O-]. The average molecular weight is 295 g/mol. The van der Waals surface area contributed by atoms with E-state index in [0.29, 0.717) is 26.1 Å². The summed E-state index contributed by atoms with van der Waals surface area (Å²) < 4.78 is 0. The molecule has 116 valence electrons. The van der Waals surface area contributed by atoms with E-state index in [0.717, 1.165) is 0 Å². The largest absolute Gasteiger partial charge is 0.396 e. The van der Waals surface area contributed by atoms with Gasteiger partial charge in [0.15, 0.2) is 0 Å². The first-order valence-electron chi connectivity index (χ1n) is 6.98. The van der Waals surface area contributed by atoms with E-state index in [1.807, 2.05) is 13.8 Å². The summed E-state index contributed by atoms with van der Waals surface area (Å²) in [4.78, 5) is 24.7. The van der Waals surface area contributed by atoms with Crippen LogP contribution in [0.25, 0.3) is 0 Å². The quantitative estimate of drug-likeness (QED) is 0.564. The molecule has 21 heavy (non-hydrogen) atoms. The molecule has 0 spiro atoms. The molecule has 7 heteroatoms. The molecule has 0 saturated carbocycles. The molecule has 0 aliphatic heterocycles. The van der Waals surface area contributed by atoms with Crippen LogP contribution in [0.5, 0.6) is 0 Å². The minimum absolute atomic E-state index is 0.00121. The first kappa shape index (κ1) is 16.9. The van der Waals surface area contributed by atoms with Crippen molar-refractivity contribution < 1.29 is 14.8 Å². The number of aliphatic hydroxyl groups is 1. The molecule has 1 aromatic rings. The number of nitrogens with one attached hydrogen (secondary N) is 1. The smallest absolute Gasteiger partial charge is 0.293 e. The van der Waals surface area contributed by atoms with Crippen LogP contribution in [0.15, 0.2) is 18.2 Å². The second kappa shape index (κ2) is 8.21. The number of carbonyl (C=O) groups is 1. The van der Waals surface area contributed by atoms with Crippen LogP contribution in [0.1, 0.15) is 30.6 Å². The van der Waals surface area contributed by atoms with Crippen molar-refractivity contribution in [1.29, 1.82) is 0 Å². The lowest BCUT2D eigenvalue weighted by Crippen LogP contribution is -2.32. The third kappa shape index (κ3) is 4.16. The standard InChI is InChI=1S/C14H21N3O4/c1-3-15-13-11(7-5-8-12(13)17(20)21)14(19)16(4-2)9-6-10-18/h5,7-8,15,18H,3-4,6,9-10H2,1-2H3. The van der Waals surface area contributed by atoms with Crippen LogP contribution in [0.2, 0.25) is 0 Å². The fourth-order valence-corrected chi connectivity index (χ4v) is 2.07. The molecule has 1 aromatic carbocycles. The Labute approximate surface area is 123 Å². The fraction of sp³-hybridized carbons (Fsp3) is 0.500. The zero-order chi connectivity index (χ0) is 15.8. The molecule has 0 radical (unpaired) electrons. The van der Waals surface area contributed by atoms with Gasteiger partial charge in [0.2, 0.25) is 0 Å². The molecule has 1 rings (SSSR count). The molecule has 2 N–H and O–H groups in total. The van der Waals surface area contributed by atoms with Gasteiger partial charge in [-0.05, 0) is 26.3 Å². The third-order valence-corrected chi connectivity index (χ3v) is 3.08. The van der Waals surface area contributed by atoms with E-state index in [4.69, 9.17) is 5.11 Å². The van der Waals surface area contributed by atoms with Crippen molar-refractivity contribution in [3.05, 3.63) is 33.9 Å². The van der Waals surface area contributed by atoms with Crippen molar-refractivity contribution in [2.75, 3.05) is 31.6 Å². The lowest BCUT2D eigenvalue weighted by atomic mass is 10.1. The van der Waals surface area contributed by atoms with Gasteiger partial charge in [-0.2, -0.15) is 0 Å². The Hall–Kier alpha value is -2.15. The monoisotopic (exact) mass is 295 g/mol. The summed E-state index contributed by atoms with van der Waals surface area (Å²) in [7, 11) is 0. The van der Waals surface area contributed by atoms with Gasteiger partial charge in [-0.1, -0.05) is 6.07 Å². The number of nitrogens with zero attached hydrogens (tertiary/aromatic N) is 2. The van der Waals surface area contributed by atoms with Crippen molar-refractivity contribution in [2.24, 2.45) is 0 Å². The first-order valence-corrected chi connectivity index (χ1v) is 6.98. The van der Waals surface area contributed by atoms with E-state index < -0.39 is 4.92 Å². The van der Waals surface area contributed by atoms with Gasteiger partial charge in [0.25, 0.3) is 11.6 Å². The summed E-state index contributed by atoms with van der Waals surface area (Å²) in [6.45, 7) is 5.02. The molecular weight excluding hydrogens is 274 g/mol. The number of benzene rings is 1. The van der Waals surface area contributed by atoms with Crippen LogP contribution < -0.4 is 5.32 Å². The molecule has 0 unspecified atom stereocenters. The maximum absolute atomic E-state index is 12.5. The van der Waals surface area contributed by atoms with Crippen LogP contribution in [0, 0.1) is 10.1 Å². The van der Waals surface area contributed by atoms with Crippen LogP contribution in [0.4, 0.5) is 11.4 Å². The molecule has 7 nitrogen and oxygen atoms in total. The zero-order valence-electron chi connectivity index (χ0n) is 12.3. The van der Waals surface area contributed by atoms with E-state index in [1.54, 1.807) is 11.0 Å². The van der Waals surface area contributed by atoms with Gasteiger partial charge in [-0.25, -0.2) is 0 Å². The fourth-order valence-electron chi connectivity index (χ4n) is 2.07. The van der Waals surface area contributed by atoms with Gasteiger partial charge < -0.3 is 15.3 Å². The normalized spacial score (nSPS) is 10.2. The number of amides is 1. The van der Waals surface area contributed by atoms with Crippen molar-refractivity contribution in [3.8, 4) is 0 Å². The number of hydrogen-bond acceptors (Lipinski definition) is 5. The minimum atomic E-state index is -0.501. The maximum atomic E-state index is 12.5. The number of hydrogen-bond donors (Lipinski definition) is 2. The van der Waals surface area contributed by atoms with Crippen molar-refractivity contribution in [3.63, 3.8) is 0 Å². The van der Waals surface area contributed by atoms with Gasteiger partial charge in [0.1, 0.15) is 5.69 Å². The Morgan fingerprint density at radius 2 is 2.14 bits per heavy atom. The molecule has 0 aromatic heterocycles. The number of anilines is 1. The highest BCUT2D eigenvalue weighted by Gasteiger charge is 2.23. The highest BCUT2D eigenvalue weighted by Crippen LogP contribution is 2.29. The second-order valence-corrected chi connectivity index (χ2v) is 4.45. The molecule has 0 bridgehead atoms. The van der Waals surface area contributed by atoms with Gasteiger partial charge in [-0.3, -0.25) is 14.9 Å². The van der Waals surface area contributed by atoms with Gasteiger partial charge in [0.05, 0.1) is 10.5 Å². The van der Waals surface area contributed by atoms with Crippen LogP contribution >= 0.6 is 0 Å². The number of aliphatic hydroxyl groups excluding tert-OH is 1. The molecule has 0 heterocycles. The van der Waals surface area contributed by atoms with Crippen LogP contribution in [-0.2, 0) is 0 Å². The molecule has 0 aliphatic carbocycles. The first-order chi connectivity index (χ1) is 10.1. The molecule has 0 saturated heterocycles. The summed E-state index contributed by atoms with van der Waals surface area (Å²) in [6, 6.07) is 4.46. The Kier molecular flexibility index (Phi) is 6.61. The summed E-state index contributed by atoms with van der Waals surface area (Å²) in [5.74, 6) is -0.273. The molecule has 0 fully saturated rings. The van der Waals surface area contributed by atoms with E-state index in [2.05, 4.69) is 5.32 Å². The molecule has 0 aliphatic rings. The van der Waals surface area contributed by atoms with Gasteiger partial charge >= 0.3 is 0 Å². The number of nitro groups is 1. The van der Waals surface area contributed by atoms with E-state index in [9.17, 15) is 14.9 Å². The highest BCUT2D eigenvalue weighted by atomic mass is 16.6. The van der Waals surface area contributed by atoms with Gasteiger partial charge in [-0.15, -0.1) is 0 Å². The Morgan fingerprint density at radius 3 is 2.67 bits per heavy atom. The average Bonchev–Trinajstić information content (AvgIpc) is 2.48. The second-order valence-electron chi connectivity index (χ2n) is 4.45. The number of carbonyl (C=O) groups excluding carboxylic acids is 1. The Balaban J connectivity index is 3.18. The Bertz CT molecular complexity index is 505. The molecule has 0 atom stereocenters. The predicted octanol–water partition coefficient (Wildman–Crippen LogP) is 1.87. The van der Waals surface area contributed by atoms with Gasteiger partial charge in [0, 0.05) is 32.3 Å². The van der Waals surface area contributed by atoms with E-state index in [-0.39, 0.29) is 29.5 Å². The molecule has 1 amide bonds. The Morgan fingerprint density at radius 1 is 1.43 bits per heavy atom. The van der Waals surface area contributed by atoms with E-state index in [1.165, 1.54) is 12.1 Å². The maximum Gasteiger partial charge on any atom is 0.293 e. The number of nitro benzene ring substituents is 1. The minimum Gasteiger partial charge on any atom is -0.396 e. The van der Waals surface area contributed by atoms with Crippen molar-refractivity contribution in [2.45, 2.75) is 20.3 Å². The summed E-state index contributed by atoms with van der Waals surface area (Å²) in [5, 5.41) is 22.9. The summed E-state index contributed by atoms with van der Waals surface area (Å²) >= 11 is 0. The van der Waals surface area contributed by atoms with Crippen molar-refractivity contribution >= 4 is 17.3 Å². The molecular formula is C14H21N3O4. The predicted molar refractivity (Wildman–Crippen MR) is 80.5 cm³/mol. The third-order valence-electron chi connectivity index (χ3n) is 3.08. The number of rotatable bonds is 8. The van der Waals surface area contributed by atoms with Crippen LogP contribution in [0.3, 0.4) is 0 Å². The summed E-state index contributed by atoms with van der Waals surface area (Å²) in [6.07, 6.45) is 0.477. The topological polar surface area (TPSA) is 95.7 Å². The number of para-hydroxylation sites is 1. The van der Waals surface area contributed by atoms with Crippen molar-refractivity contribution in [1.82, 2.24) is 4.90 Å². The highest BCUT2D eigenvalue weighted by molar-refractivity contribution is 6.01. The summed E-state index contributed by atoms with van der Waals surface area (Å²) in [5.41, 5.74) is 0.421. The lowest BCUT2D eigenvalue weighted by Gasteiger charge is -2.22. The lowest BCUT2D eigenvalue weighted by molar-refractivity contribution is -0.384. The van der Waals surface area contributed by atoms with E-state index >= 15 is 0 Å².